The number of fused-ring (bicyclic) bond motifs is 1. The van der Waals surface area contributed by atoms with Gasteiger partial charge in [0.05, 0.1) is 27.1 Å². The summed E-state index contributed by atoms with van der Waals surface area (Å²) in [5.74, 6) is -2.62. The molecule has 1 N–H and O–H groups in total. The van der Waals surface area contributed by atoms with Crippen molar-refractivity contribution in [1.29, 1.82) is 0 Å². The molecule has 0 aromatic heterocycles. The summed E-state index contributed by atoms with van der Waals surface area (Å²) in [6.45, 7) is 3.73. The number of carbonyl (C=O) groups is 3. The van der Waals surface area contributed by atoms with E-state index in [0.717, 1.165) is 4.90 Å². The zero-order chi connectivity index (χ0) is 16.4. The van der Waals surface area contributed by atoms with Crippen molar-refractivity contribution in [3.8, 4) is 0 Å². The second-order valence-corrected chi connectivity index (χ2v) is 7.09. The van der Waals surface area contributed by atoms with Gasteiger partial charge in [0.1, 0.15) is 0 Å². The number of benzene rings is 1. The fraction of sp³-hybridized carbons (Fsp3) is 0.400. The van der Waals surface area contributed by atoms with Gasteiger partial charge < -0.3 is 5.11 Å². The molecule has 1 aliphatic heterocycles. The number of hydrogen-bond donors (Lipinski definition) is 1. The van der Waals surface area contributed by atoms with Gasteiger partial charge in [0.25, 0.3) is 11.8 Å². The van der Waals surface area contributed by atoms with Crippen LogP contribution in [0.2, 0.25) is 10.0 Å². The number of nitrogens with zero attached hydrogens (tertiary/aromatic N) is 1. The predicted molar refractivity (Wildman–Crippen MR) is 80.2 cm³/mol. The molecule has 0 saturated heterocycles. The molecule has 1 heterocycles. The topological polar surface area (TPSA) is 74.7 Å². The molecule has 116 valence electrons. The lowest BCUT2D eigenvalue weighted by atomic mass is 10.1. The van der Waals surface area contributed by atoms with E-state index in [4.69, 9.17) is 23.2 Å². The number of imide groups is 1. The Labute approximate surface area is 136 Å². The van der Waals surface area contributed by atoms with Gasteiger partial charge in [-0.3, -0.25) is 19.3 Å². The molecule has 1 aromatic carbocycles. The summed E-state index contributed by atoms with van der Waals surface area (Å²) in [5, 5.41) is 9.60. The molecule has 22 heavy (non-hydrogen) atoms. The first-order valence-corrected chi connectivity index (χ1v) is 7.50. The lowest BCUT2D eigenvalue weighted by Gasteiger charge is -2.14. The van der Waals surface area contributed by atoms with E-state index in [1.54, 1.807) is 0 Å². The van der Waals surface area contributed by atoms with E-state index in [-0.39, 0.29) is 33.6 Å². The molecule has 2 aliphatic rings. The first kappa shape index (κ1) is 15.3. The first-order valence-electron chi connectivity index (χ1n) is 6.74. The summed E-state index contributed by atoms with van der Waals surface area (Å²) in [6, 6.07) is 2.76. The van der Waals surface area contributed by atoms with Crippen LogP contribution < -0.4 is 0 Å². The van der Waals surface area contributed by atoms with Crippen LogP contribution in [0.1, 0.15) is 34.6 Å². The summed E-state index contributed by atoms with van der Waals surface area (Å²) in [4.78, 5) is 37.1. The van der Waals surface area contributed by atoms with Crippen molar-refractivity contribution < 1.29 is 19.5 Å². The van der Waals surface area contributed by atoms with E-state index in [1.807, 2.05) is 13.8 Å². The third-order valence-electron chi connectivity index (χ3n) is 4.71. The molecule has 1 aromatic rings. The third kappa shape index (κ3) is 2.03. The Bertz CT molecular complexity index is 687. The fourth-order valence-electron chi connectivity index (χ4n) is 3.22. The van der Waals surface area contributed by atoms with Crippen molar-refractivity contribution in [3.05, 3.63) is 33.3 Å². The monoisotopic (exact) mass is 341 g/mol. The van der Waals surface area contributed by atoms with Crippen LogP contribution in [0.4, 0.5) is 0 Å². The van der Waals surface area contributed by atoms with E-state index >= 15 is 0 Å². The zero-order valence-electron chi connectivity index (χ0n) is 11.9. The lowest BCUT2D eigenvalue weighted by molar-refractivity contribution is -0.139. The van der Waals surface area contributed by atoms with Crippen LogP contribution in [0.3, 0.4) is 0 Å². The molecule has 1 aliphatic carbocycles. The van der Waals surface area contributed by atoms with Gasteiger partial charge in [-0.05, 0) is 23.5 Å². The van der Waals surface area contributed by atoms with E-state index in [2.05, 4.69) is 0 Å². The van der Waals surface area contributed by atoms with Crippen LogP contribution in [-0.4, -0.2) is 34.3 Å². The molecule has 2 atom stereocenters. The Balaban J connectivity index is 1.88. The fourth-order valence-corrected chi connectivity index (χ4v) is 3.55. The lowest BCUT2D eigenvalue weighted by Crippen LogP contribution is -2.32. The maximum Gasteiger partial charge on any atom is 0.307 e. The van der Waals surface area contributed by atoms with Crippen molar-refractivity contribution in [2.24, 2.45) is 17.3 Å². The van der Waals surface area contributed by atoms with Gasteiger partial charge in [-0.25, -0.2) is 0 Å². The molecular weight excluding hydrogens is 329 g/mol. The highest BCUT2D eigenvalue weighted by molar-refractivity contribution is 6.43. The highest BCUT2D eigenvalue weighted by Crippen LogP contribution is 2.58. The summed E-state index contributed by atoms with van der Waals surface area (Å²) < 4.78 is 0. The Kier molecular flexibility index (Phi) is 3.27. The molecule has 0 spiro atoms. The highest BCUT2D eigenvalue weighted by Gasteiger charge is 2.63. The molecule has 1 saturated carbocycles. The van der Waals surface area contributed by atoms with Crippen LogP contribution in [0, 0.1) is 17.3 Å². The number of aliphatic carboxylic acids is 1. The number of rotatable bonds is 3. The van der Waals surface area contributed by atoms with Gasteiger partial charge in [0, 0.05) is 6.54 Å². The van der Waals surface area contributed by atoms with Crippen LogP contribution in [0.15, 0.2) is 12.1 Å². The molecule has 5 nitrogen and oxygen atoms in total. The maximum absolute atomic E-state index is 12.4. The van der Waals surface area contributed by atoms with Gasteiger partial charge in [-0.15, -0.1) is 0 Å². The molecule has 3 rings (SSSR count). The van der Waals surface area contributed by atoms with Gasteiger partial charge in [-0.2, -0.15) is 0 Å². The van der Waals surface area contributed by atoms with Gasteiger partial charge >= 0.3 is 5.97 Å². The minimum absolute atomic E-state index is 0.0888. The minimum atomic E-state index is -0.905. The van der Waals surface area contributed by atoms with Crippen LogP contribution in [-0.2, 0) is 4.79 Å². The second-order valence-electron chi connectivity index (χ2n) is 6.28. The maximum atomic E-state index is 12.4. The number of hydrogen-bond acceptors (Lipinski definition) is 3. The highest BCUT2D eigenvalue weighted by atomic mass is 35.5. The number of carboxylic acids is 1. The number of amides is 2. The number of halogens is 2. The predicted octanol–water partition coefficient (Wildman–Crippen LogP) is 2.95. The summed E-state index contributed by atoms with van der Waals surface area (Å²) in [5.41, 5.74) is -0.00864. The average molecular weight is 342 g/mol. The third-order valence-corrected chi connectivity index (χ3v) is 5.43. The molecule has 7 heteroatoms. The SMILES string of the molecule is CC1(C)C(CN2C(=O)c3cc(Cl)c(Cl)cc3C2=O)C1C(=O)O. The summed E-state index contributed by atoms with van der Waals surface area (Å²) in [7, 11) is 0. The van der Waals surface area contributed by atoms with E-state index in [0.29, 0.717) is 0 Å². The first-order chi connectivity index (χ1) is 10.2. The smallest absolute Gasteiger partial charge is 0.307 e. The number of carbonyl (C=O) groups excluding carboxylic acids is 2. The Morgan fingerprint density at radius 3 is 2.00 bits per heavy atom. The van der Waals surface area contributed by atoms with Crippen LogP contribution >= 0.6 is 23.2 Å². The molecular formula is C15H13Cl2NO4. The number of carboxylic acid groups (broad SMARTS) is 1. The molecule has 1 fully saturated rings. The minimum Gasteiger partial charge on any atom is -0.481 e. The summed E-state index contributed by atoms with van der Waals surface area (Å²) >= 11 is 11.8. The van der Waals surface area contributed by atoms with Crippen LogP contribution in [0.5, 0.6) is 0 Å². The Morgan fingerprint density at radius 1 is 1.18 bits per heavy atom. The van der Waals surface area contributed by atoms with E-state index in [9.17, 15) is 19.5 Å². The molecule has 0 radical (unpaired) electrons. The van der Waals surface area contributed by atoms with Crippen molar-refractivity contribution >= 4 is 41.0 Å². The van der Waals surface area contributed by atoms with Gasteiger partial charge in [-0.1, -0.05) is 37.0 Å². The Morgan fingerprint density at radius 2 is 1.64 bits per heavy atom. The van der Waals surface area contributed by atoms with Gasteiger partial charge in [0.2, 0.25) is 0 Å². The van der Waals surface area contributed by atoms with Crippen molar-refractivity contribution in [2.45, 2.75) is 13.8 Å². The van der Waals surface area contributed by atoms with Crippen molar-refractivity contribution in [3.63, 3.8) is 0 Å². The normalized spacial score (nSPS) is 25.4. The second kappa shape index (κ2) is 4.70. The van der Waals surface area contributed by atoms with E-state index < -0.39 is 29.1 Å². The molecule has 2 amide bonds. The molecule has 0 bridgehead atoms. The standard InChI is InChI=1S/C15H13Cl2NO4/c1-15(2)8(11(15)14(21)22)5-18-12(19)6-3-9(16)10(17)4-7(6)13(18)20/h3-4,8,11H,5H2,1-2H3,(H,21,22). The van der Waals surface area contributed by atoms with E-state index in [1.165, 1.54) is 12.1 Å². The van der Waals surface area contributed by atoms with Crippen LogP contribution in [0.25, 0.3) is 0 Å². The van der Waals surface area contributed by atoms with Crippen molar-refractivity contribution in [1.82, 2.24) is 4.90 Å². The quantitative estimate of drug-likeness (QED) is 0.857. The van der Waals surface area contributed by atoms with Gasteiger partial charge in [0.15, 0.2) is 0 Å². The summed E-state index contributed by atoms with van der Waals surface area (Å²) in [6.07, 6.45) is 0. The zero-order valence-corrected chi connectivity index (χ0v) is 13.4. The largest absolute Gasteiger partial charge is 0.481 e. The molecule has 2 unspecified atom stereocenters. The Hall–Kier alpha value is -1.59. The van der Waals surface area contributed by atoms with Crippen molar-refractivity contribution in [2.75, 3.05) is 6.54 Å². The average Bonchev–Trinajstić information content (AvgIpc) is 2.90.